The van der Waals surface area contributed by atoms with Gasteiger partial charge >= 0.3 is 11.9 Å². The van der Waals surface area contributed by atoms with Crippen molar-refractivity contribution in [2.75, 3.05) is 19.6 Å². The van der Waals surface area contributed by atoms with Crippen molar-refractivity contribution in [3.8, 4) is 0 Å². The summed E-state index contributed by atoms with van der Waals surface area (Å²) in [6.07, 6.45) is 4.33. The van der Waals surface area contributed by atoms with Crippen molar-refractivity contribution in [2.45, 2.75) is 6.42 Å². The zero-order valence-corrected chi connectivity index (χ0v) is 9.87. The Morgan fingerprint density at radius 2 is 1.61 bits per heavy atom. The molecule has 0 bridgehead atoms. The lowest BCUT2D eigenvalue weighted by Crippen LogP contribution is -2.10. The molecule has 0 aliphatic heterocycles. The fourth-order valence-electron chi connectivity index (χ4n) is 0.577. The summed E-state index contributed by atoms with van der Waals surface area (Å²) in [5, 5.41) is 15.2. The van der Waals surface area contributed by atoms with Gasteiger partial charge in [-0.25, -0.2) is 4.98 Å². The Balaban J connectivity index is 0. The van der Waals surface area contributed by atoms with Crippen molar-refractivity contribution in [3.63, 3.8) is 0 Å². The van der Waals surface area contributed by atoms with E-state index in [0.717, 1.165) is 12.1 Å². The SMILES string of the molecule is NCC(=O)O.NCC(=O)O.NCCc1cnc[nH]1. The Labute approximate surface area is 104 Å². The number of nitrogens with one attached hydrogen (secondary N) is 1. The maximum Gasteiger partial charge on any atom is 0.317 e. The van der Waals surface area contributed by atoms with E-state index in [1.165, 1.54) is 0 Å². The average Bonchev–Trinajstić information content (AvgIpc) is 2.84. The zero-order chi connectivity index (χ0) is 14.4. The van der Waals surface area contributed by atoms with Crippen LogP contribution < -0.4 is 17.2 Å². The first kappa shape index (κ1) is 18.4. The van der Waals surface area contributed by atoms with Gasteiger partial charge < -0.3 is 32.4 Å². The zero-order valence-electron chi connectivity index (χ0n) is 9.87. The molecule has 0 amide bonds. The predicted molar refractivity (Wildman–Crippen MR) is 64.7 cm³/mol. The number of aromatic amines is 1. The Bertz CT molecular complexity index is 301. The lowest BCUT2D eigenvalue weighted by molar-refractivity contribution is -0.136. The third-order valence-corrected chi connectivity index (χ3v) is 1.32. The summed E-state index contributed by atoms with van der Waals surface area (Å²) in [7, 11) is 0. The van der Waals surface area contributed by atoms with Crippen LogP contribution in [0.3, 0.4) is 0 Å². The Morgan fingerprint density at radius 1 is 1.17 bits per heavy atom. The second-order valence-corrected chi connectivity index (χ2v) is 2.81. The normalized spacial score (nSPS) is 8.39. The highest BCUT2D eigenvalue weighted by Crippen LogP contribution is 1.88. The minimum absolute atomic E-state index is 0.278. The van der Waals surface area contributed by atoms with Gasteiger partial charge in [0.25, 0.3) is 0 Å². The first-order chi connectivity index (χ1) is 8.47. The summed E-state index contributed by atoms with van der Waals surface area (Å²) in [5.41, 5.74) is 15.5. The average molecular weight is 261 g/mol. The van der Waals surface area contributed by atoms with E-state index in [1.807, 2.05) is 0 Å². The number of nitrogens with two attached hydrogens (primary N) is 3. The maximum absolute atomic E-state index is 9.24. The number of carboxylic acid groups (broad SMARTS) is 2. The Kier molecular flexibility index (Phi) is 13.4. The number of aromatic nitrogens is 2. The van der Waals surface area contributed by atoms with Crippen molar-refractivity contribution >= 4 is 11.9 Å². The monoisotopic (exact) mass is 261 g/mol. The Morgan fingerprint density at radius 3 is 1.83 bits per heavy atom. The topological polar surface area (TPSA) is 181 Å². The molecule has 0 atom stereocenters. The number of aliphatic carboxylic acids is 2. The number of imidazole rings is 1. The lowest BCUT2D eigenvalue weighted by Gasteiger charge is -1.86. The van der Waals surface area contributed by atoms with E-state index >= 15 is 0 Å². The summed E-state index contributed by atoms with van der Waals surface area (Å²) < 4.78 is 0. The second kappa shape index (κ2) is 13.1. The highest BCUT2D eigenvalue weighted by Gasteiger charge is 1.87. The summed E-state index contributed by atoms with van der Waals surface area (Å²) in [6, 6.07) is 0. The first-order valence-corrected chi connectivity index (χ1v) is 4.98. The molecule has 0 radical (unpaired) electrons. The molecule has 1 heterocycles. The third-order valence-electron chi connectivity index (χ3n) is 1.32. The molecule has 9 heteroatoms. The van der Waals surface area contributed by atoms with Gasteiger partial charge in [0.2, 0.25) is 0 Å². The molecule has 0 saturated carbocycles. The second-order valence-electron chi connectivity index (χ2n) is 2.81. The van der Waals surface area contributed by atoms with Crippen molar-refractivity contribution in [1.29, 1.82) is 0 Å². The van der Waals surface area contributed by atoms with Crippen LogP contribution in [0.4, 0.5) is 0 Å². The molecular formula is C9H19N5O4. The van der Waals surface area contributed by atoms with E-state index in [0.29, 0.717) is 6.54 Å². The van der Waals surface area contributed by atoms with E-state index in [2.05, 4.69) is 21.4 Å². The number of hydrogen-bond donors (Lipinski definition) is 6. The van der Waals surface area contributed by atoms with Gasteiger partial charge in [0.15, 0.2) is 0 Å². The molecule has 0 fully saturated rings. The number of H-pyrrole nitrogens is 1. The molecule has 0 unspecified atom stereocenters. The molecule has 0 aliphatic rings. The van der Waals surface area contributed by atoms with Crippen LogP contribution in [0, 0.1) is 0 Å². The smallest absolute Gasteiger partial charge is 0.317 e. The molecule has 1 aromatic heterocycles. The van der Waals surface area contributed by atoms with Gasteiger partial charge in [0, 0.05) is 18.3 Å². The fourth-order valence-corrected chi connectivity index (χ4v) is 0.577. The van der Waals surface area contributed by atoms with Crippen LogP contribution in [0.1, 0.15) is 5.69 Å². The minimum atomic E-state index is -0.968. The predicted octanol–water partition coefficient (Wildman–Crippen LogP) is -2.03. The first-order valence-electron chi connectivity index (χ1n) is 4.98. The van der Waals surface area contributed by atoms with Gasteiger partial charge in [0.05, 0.1) is 19.4 Å². The Hall–Kier alpha value is -1.97. The molecule has 9 N–H and O–H groups in total. The van der Waals surface area contributed by atoms with Crippen LogP contribution in [0.15, 0.2) is 12.5 Å². The van der Waals surface area contributed by atoms with Crippen molar-refractivity contribution in [3.05, 3.63) is 18.2 Å². The molecule has 0 saturated heterocycles. The van der Waals surface area contributed by atoms with Gasteiger partial charge in [-0.1, -0.05) is 0 Å². The van der Waals surface area contributed by atoms with E-state index in [1.54, 1.807) is 12.5 Å². The molecule has 1 rings (SSSR count). The molecular weight excluding hydrogens is 242 g/mol. The van der Waals surface area contributed by atoms with Crippen molar-refractivity contribution in [1.82, 2.24) is 9.97 Å². The lowest BCUT2D eigenvalue weighted by atomic mass is 10.3. The standard InChI is InChI=1S/C5H9N3.2C2H5NO2/c6-2-1-5-3-7-4-8-5;2*3-1-2(4)5/h3-4H,1-2,6H2,(H,7,8);2*1,3H2,(H,4,5). The number of rotatable bonds is 4. The number of carboxylic acids is 2. The van der Waals surface area contributed by atoms with E-state index in [9.17, 15) is 9.59 Å². The van der Waals surface area contributed by atoms with E-state index < -0.39 is 11.9 Å². The maximum atomic E-state index is 9.24. The van der Waals surface area contributed by atoms with Crippen LogP contribution in [-0.2, 0) is 16.0 Å². The summed E-state index contributed by atoms with van der Waals surface area (Å²) in [5.74, 6) is -1.94. The molecule has 18 heavy (non-hydrogen) atoms. The van der Waals surface area contributed by atoms with Crippen LogP contribution in [0.2, 0.25) is 0 Å². The molecule has 0 aliphatic carbocycles. The van der Waals surface area contributed by atoms with Crippen molar-refractivity contribution in [2.24, 2.45) is 17.2 Å². The van der Waals surface area contributed by atoms with Gasteiger partial charge in [-0.05, 0) is 6.54 Å². The van der Waals surface area contributed by atoms with E-state index in [4.69, 9.17) is 15.9 Å². The van der Waals surface area contributed by atoms with Crippen molar-refractivity contribution < 1.29 is 19.8 Å². The third kappa shape index (κ3) is 16.5. The van der Waals surface area contributed by atoms with Gasteiger partial charge in [0.1, 0.15) is 0 Å². The summed E-state index contributed by atoms with van der Waals surface area (Å²) >= 11 is 0. The number of hydrogen-bond acceptors (Lipinski definition) is 6. The number of carbonyl (C=O) groups is 2. The summed E-state index contributed by atoms with van der Waals surface area (Å²) in [6.45, 7) is 0.127. The largest absolute Gasteiger partial charge is 0.480 e. The number of nitrogens with zero attached hydrogens (tertiary/aromatic N) is 1. The molecule has 1 aromatic rings. The molecule has 9 nitrogen and oxygen atoms in total. The molecule has 0 spiro atoms. The summed E-state index contributed by atoms with van der Waals surface area (Å²) in [4.78, 5) is 25.3. The molecule has 0 aromatic carbocycles. The quantitative estimate of drug-likeness (QED) is 0.358. The van der Waals surface area contributed by atoms with Gasteiger partial charge in [-0.2, -0.15) is 0 Å². The van der Waals surface area contributed by atoms with E-state index in [-0.39, 0.29) is 13.1 Å². The fraction of sp³-hybridized carbons (Fsp3) is 0.444. The van der Waals surface area contributed by atoms with Gasteiger partial charge in [-0.15, -0.1) is 0 Å². The molecule has 104 valence electrons. The highest BCUT2D eigenvalue weighted by atomic mass is 16.4. The van der Waals surface area contributed by atoms with Gasteiger partial charge in [-0.3, -0.25) is 9.59 Å². The van der Waals surface area contributed by atoms with Crippen LogP contribution in [-0.4, -0.2) is 51.8 Å². The van der Waals surface area contributed by atoms with Crippen LogP contribution >= 0.6 is 0 Å². The van der Waals surface area contributed by atoms with Crippen LogP contribution in [0.5, 0.6) is 0 Å². The highest BCUT2D eigenvalue weighted by molar-refractivity contribution is 5.68. The minimum Gasteiger partial charge on any atom is -0.480 e. The van der Waals surface area contributed by atoms with Crippen LogP contribution in [0.25, 0.3) is 0 Å².